The van der Waals surface area contributed by atoms with Crippen LogP contribution < -0.4 is 5.32 Å². The van der Waals surface area contributed by atoms with Crippen LogP contribution >= 0.6 is 0 Å². The molecular formula is C25H30F2N4O4. The quantitative estimate of drug-likeness (QED) is 0.365. The number of pyridine rings is 1. The maximum absolute atomic E-state index is 14.4. The van der Waals surface area contributed by atoms with Crippen molar-refractivity contribution in [1.82, 2.24) is 14.9 Å². The van der Waals surface area contributed by atoms with E-state index in [4.69, 9.17) is 4.84 Å². The lowest BCUT2D eigenvalue weighted by molar-refractivity contribution is -0.183. The Labute approximate surface area is 203 Å². The normalized spacial score (nSPS) is 18.2. The lowest BCUT2D eigenvalue weighted by Gasteiger charge is -2.30. The van der Waals surface area contributed by atoms with Crippen molar-refractivity contribution in [2.24, 2.45) is 5.92 Å². The SMILES string of the molecule is CCCC[C@H](CN(C=O)OCc1ccccc1)C(=O)N1C[C@H](F)CC1C(=O)Nc1ccc(F)cn1. The molecule has 1 aliphatic heterocycles. The zero-order valence-electron chi connectivity index (χ0n) is 19.6. The lowest BCUT2D eigenvalue weighted by Crippen LogP contribution is -2.48. The molecule has 0 spiro atoms. The standard InChI is InChI=1S/C25H30F2N4O4/c1-2-3-9-19(14-30(17-32)35-16-18-7-5-4-6-8-18)25(34)31-15-21(27)12-22(31)24(33)29-23-11-10-20(26)13-28-23/h4-8,10-11,13,17,19,21-22H,2-3,9,12,14-16H2,1H3,(H,28,29,33)/t19-,21-,22?/m1/s1. The lowest BCUT2D eigenvalue weighted by atomic mass is 9.99. The highest BCUT2D eigenvalue weighted by molar-refractivity contribution is 5.97. The number of unbranched alkanes of at least 4 members (excludes halogenated alkanes) is 1. The fourth-order valence-corrected chi connectivity index (χ4v) is 3.99. The number of nitrogens with one attached hydrogen (secondary N) is 1. The van der Waals surface area contributed by atoms with Crippen LogP contribution in [0.2, 0.25) is 0 Å². The number of hydrogen-bond acceptors (Lipinski definition) is 5. The molecule has 10 heteroatoms. The van der Waals surface area contributed by atoms with Crippen molar-refractivity contribution in [3.8, 4) is 0 Å². The van der Waals surface area contributed by atoms with E-state index in [1.807, 2.05) is 37.3 Å². The fraction of sp³-hybridized carbons (Fsp3) is 0.440. The van der Waals surface area contributed by atoms with Gasteiger partial charge in [0.25, 0.3) is 0 Å². The summed E-state index contributed by atoms with van der Waals surface area (Å²) in [6.07, 6.45) is 1.94. The zero-order valence-corrected chi connectivity index (χ0v) is 19.6. The molecule has 2 aromatic rings. The number of halogens is 2. The Kier molecular flexibility index (Phi) is 9.66. The maximum atomic E-state index is 14.4. The van der Waals surface area contributed by atoms with Gasteiger partial charge in [-0.15, -0.1) is 0 Å². The average molecular weight is 489 g/mol. The van der Waals surface area contributed by atoms with E-state index in [2.05, 4.69) is 10.3 Å². The van der Waals surface area contributed by atoms with Gasteiger partial charge in [-0.25, -0.2) is 18.8 Å². The first kappa shape index (κ1) is 26.2. The molecule has 8 nitrogen and oxygen atoms in total. The minimum Gasteiger partial charge on any atom is -0.327 e. The highest BCUT2D eigenvalue weighted by Gasteiger charge is 2.42. The molecule has 3 atom stereocenters. The summed E-state index contributed by atoms with van der Waals surface area (Å²) in [5.74, 6) is -2.13. The van der Waals surface area contributed by atoms with Crippen molar-refractivity contribution in [3.63, 3.8) is 0 Å². The summed E-state index contributed by atoms with van der Waals surface area (Å²) in [6.45, 7) is 1.89. The van der Waals surface area contributed by atoms with E-state index in [-0.39, 0.29) is 31.9 Å². The van der Waals surface area contributed by atoms with E-state index in [9.17, 15) is 23.2 Å². The first-order chi connectivity index (χ1) is 16.9. The molecule has 3 rings (SSSR count). The Morgan fingerprint density at radius 3 is 2.71 bits per heavy atom. The van der Waals surface area contributed by atoms with Gasteiger partial charge in [-0.05, 0) is 24.1 Å². The topological polar surface area (TPSA) is 91.8 Å². The zero-order chi connectivity index (χ0) is 25.2. The number of amides is 3. The van der Waals surface area contributed by atoms with Crippen LogP contribution in [-0.2, 0) is 25.8 Å². The number of carbonyl (C=O) groups is 3. The highest BCUT2D eigenvalue weighted by atomic mass is 19.1. The molecular weight excluding hydrogens is 458 g/mol. The van der Waals surface area contributed by atoms with Gasteiger partial charge in [0, 0.05) is 6.42 Å². The number of anilines is 1. The molecule has 35 heavy (non-hydrogen) atoms. The van der Waals surface area contributed by atoms with Crippen molar-refractivity contribution >= 4 is 24.0 Å². The van der Waals surface area contributed by atoms with Crippen LogP contribution in [0, 0.1) is 11.7 Å². The number of rotatable bonds is 12. The van der Waals surface area contributed by atoms with E-state index >= 15 is 0 Å². The smallest absolute Gasteiger partial charge is 0.248 e. The largest absolute Gasteiger partial charge is 0.327 e. The average Bonchev–Trinajstić information content (AvgIpc) is 3.27. The molecule has 1 fully saturated rings. The van der Waals surface area contributed by atoms with Crippen molar-refractivity contribution in [1.29, 1.82) is 0 Å². The van der Waals surface area contributed by atoms with E-state index in [0.717, 1.165) is 29.3 Å². The van der Waals surface area contributed by atoms with Crippen LogP contribution in [0.1, 0.15) is 38.2 Å². The summed E-state index contributed by atoms with van der Waals surface area (Å²) >= 11 is 0. The highest BCUT2D eigenvalue weighted by Crippen LogP contribution is 2.26. The van der Waals surface area contributed by atoms with E-state index < -0.39 is 35.8 Å². The summed E-state index contributed by atoms with van der Waals surface area (Å²) in [5, 5.41) is 3.60. The van der Waals surface area contributed by atoms with Crippen LogP contribution in [0.5, 0.6) is 0 Å². The molecule has 0 bridgehead atoms. The minimum atomic E-state index is -1.36. The van der Waals surface area contributed by atoms with Crippen molar-refractivity contribution in [3.05, 3.63) is 60.0 Å². The number of likely N-dealkylation sites (tertiary alicyclic amines) is 1. The number of hydrogen-bond donors (Lipinski definition) is 1. The summed E-state index contributed by atoms with van der Waals surface area (Å²) < 4.78 is 27.5. The Morgan fingerprint density at radius 1 is 1.29 bits per heavy atom. The molecule has 0 saturated carbocycles. The third-order valence-corrected chi connectivity index (χ3v) is 5.83. The van der Waals surface area contributed by atoms with Crippen molar-refractivity contribution in [2.45, 2.75) is 51.4 Å². The first-order valence-electron chi connectivity index (χ1n) is 11.7. The molecule has 2 heterocycles. The van der Waals surface area contributed by atoms with Gasteiger partial charge in [0.2, 0.25) is 18.2 Å². The second kappa shape index (κ2) is 12.9. The molecule has 1 aromatic carbocycles. The van der Waals surface area contributed by atoms with E-state index in [0.29, 0.717) is 19.3 Å². The third-order valence-electron chi connectivity index (χ3n) is 5.83. The van der Waals surface area contributed by atoms with Crippen molar-refractivity contribution in [2.75, 3.05) is 18.4 Å². The molecule has 1 aliphatic rings. The number of carbonyl (C=O) groups excluding carboxylic acids is 3. The first-order valence-corrected chi connectivity index (χ1v) is 11.7. The number of benzene rings is 1. The summed E-state index contributed by atoms with van der Waals surface area (Å²) in [4.78, 5) is 48.5. The molecule has 0 aliphatic carbocycles. The molecule has 1 saturated heterocycles. The third kappa shape index (κ3) is 7.54. The van der Waals surface area contributed by atoms with Gasteiger partial charge in [-0.3, -0.25) is 19.2 Å². The Morgan fingerprint density at radius 2 is 2.06 bits per heavy atom. The van der Waals surface area contributed by atoms with Gasteiger partial charge < -0.3 is 10.2 Å². The monoisotopic (exact) mass is 488 g/mol. The van der Waals surface area contributed by atoms with Crippen molar-refractivity contribution < 1.29 is 28.0 Å². The number of hydroxylamine groups is 2. The van der Waals surface area contributed by atoms with Crippen LogP contribution in [0.15, 0.2) is 48.7 Å². The Hall–Kier alpha value is -3.40. The Bertz CT molecular complexity index is 977. The van der Waals surface area contributed by atoms with Crippen LogP contribution in [0.3, 0.4) is 0 Å². The summed E-state index contributed by atoms with van der Waals surface area (Å²) in [7, 11) is 0. The Balaban J connectivity index is 1.69. The fourth-order valence-electron chi connectivity index (χ4n) is 3.99. The summed E-state index contributed by atoms with van der Waals surface area (Å²) in [5.41, 5.74) is 0.863. The van der Waals surface area contributed by atoms with Gasteiger partial charge in [-0.1, -0.05) is 50.1 Å². The van der Waals surface area contributed by atoms with Gasteiger partial charge >= 0.3 is 0 Å². The minimum absolute atomic E-state index is 0.0174. The molecule has 0 radical (unpaired) electrons. The molecule has 1 unspecified atom stereocenters. The number of nitrogens with zero attached hydrogens (tertiary/aromatic N) is 3. The van der Waals surface area contributed by atoms with Gasteiger partial charge in [0.05, 0.1) is 25.2 Å². The van der Waals surface area contributed by atoms with Crippen LogP contribution in [0.25, 0.3) is 0 Å². The second-order valence-electron chi connectivity index (χ2n) is 8.49. The molecule has 1 N–H and O–H groups in total. The number of alkyl halides is 1. The van der Waals surface area contributed by atoms with Gasteiger partial charge in [0.1, 0.15) is 30.5 Å². The van der Waals surface area contributed by atoms with Gasteiger partial charge in [-0.2, -0.15) is 0 Å². The predicted octanol–water partition coefficient (Wildman–Crippen LogP) is 3.49. The van der Waals surface area contributed by atoms with E-state index in [1.54, 1.807) is 0 Å². The molecule has 188 valence electrons. The predicted molar refractivity (Wildman–Crippen MR) is 125 cm³/mol. The number of aromatic nitrogens is 1. The molecule has 1 aromatic heterocycles. The van der Waals surface area contributed by atoms with Crippen LogP contribution in [-0.4, -0.2) is 58.5 Å². The maximum Gasteiger partial charge on any atom is 0.248 e. The second-order valence-corrected chi connectivity index (χ2v) is 8.49. The van der Waals surface area contributed by atoms with E-state index in [1.165, 1.54) is 11.0 Å². The van der Waals surface area contributed by atoms with Crippen LogP contribution in [0.4, 0.5) is 14.6 Å². The van der Waals surface area contributed by atoms with Gasteiger partial charge in [0.15, 0.2) is 0 Å². The summed E-state index contributed by atoms with van der Waals surface area (Å²) in [6, 6.07) is 10.7. The molecule has 3 amide bonds.